The van der Waals surface area contributed by atoms with Gasteiger partial charge in [-0.15, -0.1) is 0 Å². The molecule has 6 nitrogen and oxygen atoms in total. The molecule has 3 heterocycles. The van der Waals surface area contributed by atoms with Crippen molar-refractivity contribution < 1.29 is 9.59 Å². The van der Waals surface area contributed by atoms with Crippen LogP contribution in [0.25, 0.3) is 0 Å². The van der Waals surface area contributed by atoms with E-state index < -0.39 is 0 Å². The molecule has 22 heavy (non-hydrogen) atoms. The molecule has 120 valence electrons. The second kappa shape index (κ2) is 6.10. The van der Waals surface area contributed by atoms with Gasteiger partial charge in [0.2, 0.25) is 5.91 Å². The van der Waals surface area contributed by atoms with Crippen LogP contribution in [0, 0.1) is 11.8 Å². The molecular weight excluding hydrogens is 280 g/mol. The van der Waals surface area contributed by atoms with Gasteiger partial charge in [-0.05, 0) is 31.1 Å². The molecule has 0 saturated carbocycles. The molecule has 2 fully saturated rings. The maximum absolute atomic E-state index is 12.5. The number of piperidine rings is 1. The molecule has 1 aromatic heterocycles. The quantitative estimate of drug-likeness (QED) is 0.823. The molecule has 2 amide bonds. The Kier molecular flexibility index (Phi) is 4.18. The second-order valence-electron chi connectivity index (χ2n) is 6.51. The lowest BCUT2D eigenvalue weighted by Crippen LogP contribution is -2.39. The third-order valence-electron chi connectivity index (χ3n) is 5.18. The number of hydrogen-bond donors (Lipinski definition) is 0. The van der Waals surface area contributed by atoms with Crippen LogP contribution in [0.15, 0.2) is 12.4 Å². The monoisotopic (exact) mass is 304 g/mol. The fourth-order valence-electron chi connectivity index (χ4n) is 3.76. The zero-order chi connectivity index (χ0) is 15.7. The van der Waals surface area contributed by atoms with Gasteiger partial charge in [-0.25, -0.2) is 4.98 Å². The van der Waals surface area contributed by atoms with Gasteiger partial charge < -0.3 is 14.4 Å². The molecule has 6 heteroatoms. The molecule has 1 unspecified atom stereocenters. The number of imidazole rings is 1. The molecular formula is C16H24N4O2. The van der Waals surface area contributed by atoms with Gasteiger partial charge in [0, 0.05) is 52.5 Å². The van der Waals surface area contributed by atoms with Crippen molar-refractivity contribution in [2.24, 2.45) is 18.9 Å². The van der Waals surface area contributed by atoms with Crippen molar-refractivity contribution in [1.29, 1.82) is 0 Å². The van der Waals surface area contributed by atoms with Crippen molar-refractivity contribution in [1.82, 2.24) is 19.4 Å². The molecule has 0 N–H and O–H groups in total. The van der Waals surface area contributed by atoms with E-state index in [1.807, 2.05) is 16.8 Å². The lowest BCUT2D eigenvalue weighted by Gasteiger charge is -2.34. The van der Waals surface area contributed by atoms with Crippen molar-refractivity contribution >= 4 is 11.8 Å². The summed E-state index contributed by atoms with van der Waals surface area (Å²) in [6, 6.07) is 0. The van der Waals surface area contributed by atoms with Gasteiger partial charge in [0.1, 0.15) is 0 Å². The smallest absolute Gasteiger partial charge is 0.289 e. The van der Waals surface area contributed by atoms with Gasteiger partial charge in [0.25, 0.3) is 5.91 Å². The number of hydrogen-bond acceptors (Lipinski definition) is 3. The number of aromatic nitrogens is 2. The van der Waals surface area contributed by atoms with E-state index in [0.29, 0.717) is 17.7 Å². The van der Waals surface area contributed by atoms with Crippen molar-refractivity contribution in [3.63, 3.8) is 0 Å². The Hall–Kier alpha value is -1.85. The average molecular weight is 304 g/mol. The number of nitrogens with zero attached hydrogens (tertiary/aromatic N) is 4. The van der Waals surface area contributed by atoms with E-state index in [0.717, 1.165) is 45.4 Å². The van der Waals surface area contributed by atoms with Crippen LogP contribution in [0.4, 0.5) is 0 Å². The predicted octanol–water partition coefficient (Wildman–Crippen LogP) is 1.14. The Morgan fingerprint density at radius 3 is 2.32 bits per heavy atom. The van der Waals surface area contributed by atoms with Gasteiger partial charge in [-0.3, -0.25) is 9.59 Å². The summed E-state index contributed by atoms with van der Waals surface area (Å²) >= 11 is 0. The molecule has 0 radical (unpaired) electrons. The van der Waals surface area contributed by atoms with Gasteiger partial charge in [-0.1, -0.05) is 0 Å². The van der Waals surface area contributed by atoms with Crippen LogP contribution in [0.2, 0.25) is 0 Å². The summed E-state index contributed by atoms with van der Waals surface area (Å²) in [7, 11) is 1.85. The standard InChI is InChI=1S/C16H24N4O2/c1-12(21)19-7-3-13(4-8-19)14-5-9-20(11-14)16(22)15-17-6-10-18(15)2/h6,10,13-14H,3-5,7-9,11H2,1-2H3. The Bertz CT molecular complexity index is 560. The zero-order valence-corrected chi connectivity index (χ0v) is 13.4. The lowest BCUT2D eigenvalue weighted by atomic mass is 9.84. The summed E-state index contributed by atoms with van der Waals surface area (Å²) in [4.78, 5) is 31.9. The Morgan fingerprint density at radius 1 is 1.09 bits per heavy atom. The highest BCUT2D eigenvalue weighted by atomic mass is 16.2. The molecule has 0 bridgehead atoms. The van der Waals surface area contributed by atoms with Crippen LogP contribution < -0.4 is 0 Å². The average Bonchev–Trinajstić information content (AvgIpc) is 3.15. The van der Waals surface area contributed by atoms with Gasteiger partial charge in [-0.2, -0.15) is 0 Å². The third kappa shape index (κ3) is 2.87. The Morgan fingerprint density at radius 2 is 1.73 bits per heavy atom. The number of aryl methyl sites for hydroxylation is 1. The zero-order valence-electron chi connectivity index (χ0n) is 13.4. The van der Waals surface area contributed by atoms with E-state index in [1.54, 1.807) is 23.9 Å². The largest absolute Gasteiger partial charge is 0.343 e. The normalized spacial score (nSPS) is 23.1. The topological polar surface area (TPSA) is 58.4 Å². The van der Waals surface area contributed by atoms with Crippen LogP contribution in [0.3, 0.4) is 0 Å². The van der Waals surface area contributed by atoms with E-state index >= 15 is 0 Å². The van der Waals surface area contributed by atoms with Crippen molar-refractivity contribution in [2.75, 3.05) is 26.2 Å². The first kappa shape index (κ1) is 15.1. The SMILES string of the molecule is CC(=O)N1CCC(C2CCN(C(=O)c3nccn3C)C2)CC1. The predicted molar refractivity (Wildman–Crippen MR) is 82.2 cm³/mol. The highest BCUT2D eigenvalue weighted by Crippen LogP contribution is 2.32. The van der Waals surface area contributed by atoms with E-state index in [9.17, 15) is 9.59 Å². The Labute approximate surface area is 131 Å². The molecule has 2 aliphatic rings. The molecule has 2 aliphatic heterocycles. The second-order valence-corrected chi connectivity index (χ2v) is 6.51. The summed E-state index contributed by atoms with van der Waals surface area (Å²) in [6.45, 7) is 5.02. The highest BCUT2D eigenvalue weighted by Gasteiger charge is 2.35. The van der Waals surface area contributed by atoms with Crippen molar-refractivity contribution in [3.8, 4) is 0 Å². The molecule has 1 aromatic rings. The van der Waals surface area contributed by atoms with E-state index in [4.69, 9.17) is 0 Å². The van der Waals surface area contributed by atoms with Crippen LogP contribution >= 0.6 is 0 Å². The lowest BCUT2D eigenvalue weighted by molar-refractivity contribution is -0.130. The number of amides is 2. The van der Waals surface area contributed by atoms with Crippen LogP contribution in [-0.2, 0) is 11.8 Å². The van der Waals surface area contributed by atoms with Gasteiger partial charge in [0.15, 0.2) is 5.82 Å². The fraction of sp³-hybridized carbons (Fsp3) is 0.688. The summed E-state index contributed by atoms with van der Waals surface area (Å²) < 4.78 is 1.78. The van der Waals surface area contributed by atoms with E-state index in [2.05, 4.69) is 4.98 Å². The van der Waals surface area contributed by atoms with Gasteiger partial charge in [0.05, 0.1) is 0 Å². The first-order valence-corrected chi connectivity index (χ1v) is 8.08. The van der Waals surface area contributed by atoms with Crippen molar-refractivity contribution in [3.05, 3.63) is 18.2 Å². The maximum Gasteiger partial charge on any atom is 0.289 e. The van der Waals surface area contributed by atoms with Crippen LogP contribution in [-0.4, -0.2) is 57.3 Å². The summed E-state index contributed by atoms with van der Waals surface area (Å²) in [5.74, 6) is 1.94. The first-order chi connectivity index (χ1) is 10.6. The van der Waals surface area contributed by atoms with E-state index in [-0.39, 0.29) is 11.8 Å². The summed E-state index contributed by atoms with van der Waals surface area (Å²) in [5.41, 5.74) is 0. The minimum absolute atomic E-state index is 0.0381. The molecule has 2 saturated heterocycles. The minimum atomic E-state index is 0.0381. The minimum Gasteiger partial charge on any atom is -0.343 e. The van der Waals surface area contributed by atoms with Crippen LogP contribution in [0.1, 0.15) is 36.8 Å². The van der Waals surface area contributed by atoms with Crippen molar-refractivity contribution in [2.45, 2.75) is 26.2 Å². The summed E-state index contributed by atoms with van der Waals surface area (Å²) in [6.07, 6.45) is 6.67. The number of rotatable bonds is 2. The fourth-order valence-corrected chi connectivity index (χ4v) is 3.76. The molecule has 0 aromatic carbocycles. The maximum atomic E-state index is 12.5. The molecule has 0 spiro atoms. The third-order valence-corrected chi connectivity index (χ3v) is 5.18. The molecule has 1 atom stereocenters. The van der Waals surface area contributed by atoms with Gasteiger partial charge >= 0.3 is 0 Å². The first-order valence-electron chi connectivity index (χ1n) is 8.08. The molecule has 0 aliphatic carbocycles. The number of carbonyl (C=O) groups excluding carboxylic acids is 2. The van der Waals surface area contributed by atoms with E-state index in [1.165, 1.54) is 0 Å². The molecule has 3 rings (SSSR count). The van der Waals surface area contributed by atoms with Crippen LogP contribution in [0.5, 0.6) is 0 Å². The summed E-state index contributed by atoms with van der Waals surface area (Å²) in [5, 5.41) is 0. The highest BCUT2D eigenvalue weighted by molar-refractivity contribution is 5.91. The number of likely N-dealkylation sites (tertiary alicyclic amines) is 2. The Balaban J connectivity index is 1.56. The number of carbonyl (C=O) groups is 2.